The van der Waals surface area contributed by atoms with Crippen molar-refractivity contribution < 1.29 is 28.6 Å². The summed E-state index contributed by atoms with van der Waals surface area (Å²) in [6.45, 7) is 6.44. The van der Waals surface area contributed by atoms with Gasteiger partial charge >= 0.3 is 17.9 Å². The Hall–Kier alpha value is -3.67. The van der Waals surface area contributed by atoms with E-state index in [0.717, 1.165) is 128 Å². The van der Waals surface area contributed by atoms with Crippen LogP contribution in [0.25, 0.3) is 0 Å². The highest BCUT2D eigenvalue weighted by Gasteiger charge is 2.19. The van der Waals surface area contributed by atoms with Crippen molar-refractivity contribution in [1.29, 1.82) is 0 Å². The predicted octanol–water partition coefficient (Wildman–Crippen LogP) is 24.8. The molecule has 0 rings (SSSR count). The van der Waals surface area contributed by atoms with E-state index in [1.54, 1.807) is 0 Å². The van der Waals surface area contributed by atoms with Gasteiger partial charge in [0.1, 0.15) is 13.2 Å². The summed E-state index contributed by atoms with van der Waals surface area (Å²) >= 11 is 0. The molecule has 0 aliphatic carbocycles. The van der Waals surface area contributed by atoms with E-state index in [1.165, 1.54) is 186 Å². The van der Waals surface area contributed by atoms with Gasteiger partial charge in [-0.05, 0) is 116 Å². The number of hydrogen-bond acceptors (Lipinski definition) is 6. The summed E-state index contributed by atoms with van der Waals surface area (Å²) in [5.41, 5.74) is 0. The van der Waals surface area contributed by atoms with Crippen molar-refractivity contribution in [3.63, 3.8) is 0 Å². The Bertz CT molecular complexity index is 1610. The minimum absolute atomic E-state index is 0.0844. The van der Waals surface area contributed by atoms with Gasteiger partial charge in [-0.3, -0.25) is 14.4 Å². The van der Waals surface area contributed by atoms with E-state index >= 15 is 0 Å². The summed E-state index contributed by atoms with van der Waals surface area (Å²) in [6.07, 6.45) is 95.9. The molecule has 0 N–H and O–H groups in total. The molecule has 0 saturated heterocycles. The van der Waals surface area contributed by atoms with Gasteiger partial charge in [-0.25, -0.2) is 0 Å². The molecule has 0 aromatic heterocycles. The number of carbonyl (C=O) groups is 3. The molecule has 0 aliphatic heterocycles. The molecule has 0 bridgehead atoms. The van der Waals surface area contributed by atoms with E-state index in [9.17, 15) is 14.4 Å². The van der Waals surface area contributed by atoms with Crippen molar-refractivity contribution in [2.75, 3.05) is 13.2 Å². The Labute approximate surface area is 515 Å². The molecule has 0 heterocycles. The Morgan fingerprint density at radius 2 is 0.470 bits per heavy atom. The number of rotatable bonds is 65. The summed E-state index contributed by atoms with van der Waals surface area (Å²) in [5, 5.41) is 0. The molecule has 0 amide bonds. The summed E-state index contributed by atoms with van der Waals surface area (Å²) in [4.78, 5) is 38.5. The minimum atomic E-state index is -0.791. The average molecular weight is 1160 g/mol. The second-order valence-corrected chi connectivity index (χ2v) is 23.7. The third-order valence-corrected chi connectivity index (χ3v) is 15.6. The zero-order valence-corrected chi connectivity index (χ0v) is 54.9. The lowest BCUT2D eigenvalue weighted by Gasteiger charge is -2.18. The molecule has 0 aliphatic rings. The highest BCUT2D eigenvalue weighted by molar-refractivity contribution is 5.71. The van der Waals surface area contributed by atoms with Gasteiger partial charge < -0.3 is 14.2 Å². The zero-order chi connectivity index (χ0) is 59.9. The first-order chi connectivity index (χ1) is 41.0. The lowest BCUT2D eigenvalue weighted by molar-refractivity contribution is -0.167. The molecule has 0 radical (unpaired) electrons. The van der Waals surface area contributed by atoms with E-state index < -0.39 is 6.10 Å². The highest BCUT2D eigenvalue weighted by Crippen LogP contribution is 2.18. The van der Waals surface area contributed by atoms with Crippen molar-refractivity contribution in [3.05, 3.63) is 97.2 Å². The van der Waals surface area contributed by atoms with E-state index in [-0.39, 0.29) is 31.1 Å². The van der Waals surface area contributed by atoms with Gasteiger partial charge in [-0.2, -0.15) is 0 Å². The predicted molar refractivity (Wildman–Crippen MR) is 362 cm³/mol. The molecule has 6 heteroatoms. The molecule has 1 atom stereocenters. The van der Waals surface area contributed by atoms with Gasteiger partial charge in [-0.15, -0.1) is 0 Å². The van der Waals surface area contributed by atoms with Gasteiger partial charge in [0.05, 0.1) is 0 Å². The molecule has 0 saturated carbocycles. The monoisotopic (exact) mass is 1160 g/mol. The van der Waals surface area contributed by atoms with E-state index in [1.807, 2.05) is 0 Å². The highest BCUT2D eigenvalue weighted by atomic mass is 16.6. The Morgan fingerprint density at radius 3 is 0.747 bits per heavy atom. The summed E-state index contributed by atoms with van der Waals surface area (Å²) in [5.74, 6) is -0.895. The average Bonchev–Trinajstić information content (AvgIpc) is 3.49. The van der Waals surface area contributed by atoms with Gasteiger partial charge in [0, 0.05) is 19.3 Å². The third kappa shape index (κ3) is 69.0. The lowest BCUT2D eigenvalue weighted by Crippen LogP contribution is -2.30. The number of hydrogen-bond donors (Lipinski definition) is 0. The van der Waals surface area contributed by atoms with Crippen molar-refractivity contribution in [2.24, 2.45) is 0 Å². The van der Waals surface area contributed by atoms with Gasteiger partial charge in [0.15, 0.2) is 6.10 Å². The van der Waals surface area contributed by atoms with Crippen LogP contribution in [0.3, 0.4) is 0 Å². The van der Waals surface area contributed by atoms with Crippen LogP contribution < -0.4 is 0 Å². The van der Waals surface area contributed by atoms with Crippen molar-refractivity contribution in [1.82, 2.24) is 0 Å². The molecule has 1 unspecified atom stereocenters. The SMILES string of the molecule is CC/C=C\C/C=C\C/C=C\C/C=C\CCCCCCCCCCC(=O)OC(COC(=O)CCCCCCC/C=C\C/C=C\C/C=C\CC)COC(=O)CCCCCCCCCCCCCCCCCCC/C=C\CCCCCCCCCC. The first-order valence-corrected chi connectivity index (χ1v) is 35.7. The standard InChI is InChI=1S/C77H134O6/c1-4-7-10-13-16-19-22-25-28-30-32-34-35-36-37-38-39-40-41-43-44-46-49-52-55-58-61-64-67-70-76(79)82-73-74(72-81-75(78)69-66-63-60-57-54-51-48-27-24-21-18-15-12-9-6-3)83-77(80)71-68-65-62-59-56-53-50-47-45-42-33-31-29-26-23-20-17-14-11-8-5-2/h8-9,11-12,17-18,20-21,26-27,29-30,32-33,42,48,74H,4-7,10,13-16,19,22-25,28,31,34-41,43-47,49-73H2,1-3H3/b11-8-,12-9-,20-17-,21-18-,29-26-,32-30-,42-33-,48-27-. The van der Waals surface area contributed by atoms with Crippen LogP contribution >= 0.6 is 0 Å². The molecule has 83 heavy (non-hydrogen) atoms. The first-order valence-electron chi connectivity index (χ1n) is 35.7. The van der Waals surface area contributed by atoms with Crippen LogP contribution in [-0.2, 0) is 28.6 Å². The Morgan fingerprint density at radius 1 is 0.253 bits per heavy atom. The van der Waals surface area contributed by atoms with Crippen LogP contribution in [0.15, 0.2) is 97.2 Å². The second kappa shape index (κ2) is 70.8. The number of unbranched alkanes of at least 4 members (excludes halogenated alkanes) is 38. The van der Waals surface area contributed by atoms with Crippen LogP contribution in [0.1, 0.15) is 355 Å². The van der Waals surface area contributed by atoms with Crippen LogP contribution in [0.2, 0.25) is 0 Å². The topological polar surface area (TPSA) is 78.9 Å². The minimum Gasteiger partial charge on any atom is -0.462 e. The number of carbonyl (C=O) groups excluding carboxylic acids is 3. The van der Waals surface area contributed by atoms with Crippen LogP contribution in [0.4, 0.5) is 0 Å². The summed E-state index contributed by atoms with van der Waals surface area (Å²) in [7, 11) is 0. The molecule has 478 valence electrons. The van der Waals surface area contributed by atoms with Crippen LogP contribution in [0.5, 0.6) is 0 Å². The van der Waals surface area contributed by atoms with E-state index in [4.69, 9.17) is 14.2 Å². The second-order valence-electron chi connectivity index (χ2n) is 23.7. The van der Waals surface area contributed by atoms with Crippen molar-refractivity contribution in [2.45, 2.75) is 361 Å². The Kier molecular flexibility index (Phi) is 67.7. The smallest absolute Gasteiger partial charge is 0.306 e. The summed E-state index contributed by atoms with van der Waals surface area (Å²) < 4.78 is 17.0. The fourth-order valence-electron chi connectivity index (χ4n) is 10.3. The fraction of sp³-hybridized carbons (Fsp3) is 0.753. The molecule has 0 fully saturated rings. The van der Waals surface area contributed by atoms with E-state index in [2.05, 4.69) is 118 Å². The van der Waals surface area contributed by atoms with Crippen LogP contribution in [0, 0.1) is 0 Å². The van der Waals surface area contributed by atoms with Crippen molar-refractivity contribution in [3.8, 4) is 0 Å². The third-order valence-electron chi connectivity index (χ3n) is 15.6. The normalized spacial score (nSPS) is 12.7. The van der Waals surface area contributed by atoms with E-state index in [0.29, 0.717) is 19.3 Å². The van der Waals surface area contributed by atoms with Gasteiger partial charge in [0.2, 0.25) is 0 Å². The van der Waals surface area contributed by atoms with Crippen LogP contribution in [-0.4, -0.2) is 37.2 Å². The maximum absolute atomic E-state index is 13.0. The maximum Gasteiger partial charge on any atom is 0.306 e. The largest absolute Gasteiger partial charge is 0.462 e. The first kappa shape index (κ1) is 79.3. The quantitative estimate of drug-likeness (QED) is 0.0261. The lowest BCUT2D eigenvalue weighted by atomic mass is 10.0. The summed E-state index contributed by atoms with van der Waals surface area (Å²) in [6, 6.07) is 0. The number of allylic oxidation sites excluding steroid dienone is 16. The molecular weight excluding hydrogens is 1020 g/mol. The number of ether oxygens (including phenoxy) is 3. The molecule has 0 aromatic carbocycles. The molecule has 6 nitrogen and oxygen atoms in total. The maximum atomic E-state index is 13.0. The van der Waals surface area contributed by atoms with Gasteiger partial charge in [0.25, 0.3) is 0 Å². The number of esters is 3. The molecule has 0 spiro atoms. The Balaban J connectivity index is 4.28. The van der Waals surface area contributed by atoms with Crippen molar-refractivity contribution >= 4 is 17.9 Å². The molecule has 0 aromatic rings. The zero-order valence-electron chi connectivity index (χ0n) is 54.9. The fourth-order valence-corrected chi connectivity index (χ4v) is 10.3. The van der Waals surface area contributed by atoms with Gasteiger partial charge in [-0.1, -0.05) is 317 Å². The molecular formula is C77H134O6.